The molecule has 1 atom stereocenters. The summed E-state index contributed by atoms with van der Waals surface area (Å²) >= 11 is 0. The fourth-order valence-electron chi connectivity index (χ4n) is 4.31. The van der Waals surface area contributed by atoms with Gasteiger partial charge >= 0.3 is 0 Å². The summed E-state index contributed by atoms with van der Waals surface area (Å²) in [6.45, 7) is 5.57. The van der Waals surface area contributed by atoms with Crippen molar-refractivity contribution in [1.29, 1.82) is 0 Å². The lowest BCUT2D eigenvalue weighted by atomic mass is 10.1. The molecule has 0 aliphatic carbocycles. The molecule has 0 bridgehead atoms. The van der Waals surface area contributed by atoms with Crippen LogP contribution in [0.2, 0.25) is 0 Å². The number of aromatic nitrogens is 2. The van der Waals surface area contributed by atoms with Crippen LogP contribution in [0.3, 0.4) is 0 Å². The van der Waals surface area contributed by atoms with Gasteiger partial charge in [0.25, 0.3) is 0 Å². The largest absolute Gasteiger partial charge is 0.467 e. The molecule has 4 rings (SSSR count). The van der Waals surface area contributed by atoms with Crippen LogP contribution in [-0.4, -0.2) is 41.5 Å². The number of ether oxygens (including phenoxy) is 1. The van der Waals surface area contributed by atoms with Crippen molar-refractivity contribution >= 4 is 15.7 Å². The molecule has 1 aliphatic heterocycles. The summed E-state index contributed by atoms with van der Waals surface area (Å²) in [4.78, 5) is 19.2. The van der Waals surface area contributed by atoms with Crippen molar-refractivity contribution in [2.75, 3.05) is 6.61 Å². The summed E-state index contributed by atoms with van der Waals surface area (Å²) in [6.07, 6.45) is 5.26. The van der Waals surface area contributed by atoms with Gasteiger partial charge in [0.15, 0.2) is 0 Å². The Kier molecular flexibility index (Phi) is 8.07. The molecule has 0 unspecified atom stereocenters. The van der Waals surface area contributed by atoms with E-state index in [1.165, 1.54) is 0 Å². The highest BCUT2D eigenvalue weighted by molar-refractivity contribution is 7.90. The van der Waals surface area contributed by atoms with E-state index < -0.39 is 9.84 Å². The van der Waals surface area contributed by atoms with E-state index >= 15 is 0 Å². The molecule has 0 N–H and O–H groups in total. The number of benzene rings is 1. The van der Waals surface area contributed by atoms with Crippen molar-refractivity contribution in [2.24, 2.45) is 5.92 Å². The number of nitrogens with zero attached hydrogens (tertiary/aromatic N) is 3. The van der Waals surface area contributed by atoms with E-state index in [1.54, 1.807) is 40.1 Å². The van der Waals surface area contributed by atoms with E-state index in [0.717, 1.165) is 12.8 Å². The Morgan fingerprint density at radius 1 is 1.17 bits per heavy atom. The molecule has 1 amide bonds. The monoisotopic (exact) mass is 499 g/mol. The standard InChI is InChI=1S/C26H33N3O5S/c1-20(2)14-25(30)28(17-23-10-6-12-33-23)16-22-15-27-26(29(22)18-24-11-7-13-34-24)35(31,32)19-21-8-4-3-5-9-21/h3-6,8-10,12,15,20,24H,7,11,13-14,16-19H2,1-2H3/t24-/m0/s1. The number of rotatable bonds is 11. The summed E-state index contributed by atoms with van der Waals surface area (Å²) in [5.41, 5.74) is 1.36. The first-order valence-electron chi connectivity index (χ1n) is 12.0. The van der Waals surface area contributed by atoms with Crippen LogP contribution in [0.5, 0.6) is 0 Å². The molecule has 0 saturated carbocycles. The van der Waals surface area contributed by atoms with Crippen LogP contribution in [0.1, 0.15) is 50.1 Å². The molecule has 3 heterocycles. The molecule has 0 spiro atoms. The maximum absolute atomic E-state index is 13.4. The van der Waals surface area contributed by atoms with Gasteiger partial charge < -0.3 is 18.6 Å². The summed E-state index contributed by atoms with van der Waals surface area (Å²) < 4.78 is 39.9. The van der Waals surface area contributed by atoms with Crippen molar-refractivity contribution in [3.8, 4) is 0 Å². The lowest BCUT2D eigenvalue weighted by Gasteiger charge is -2.24. The van der Waals surface area contributed by atoms with Gasteiger partial charge in [-0.1, -0.05) is 44.2 Å². The van der Waals surface area contributed by atoms with Crippen molar-refractivity contribution in [3.05, 3.63) is 71.9 Å². The molecular formula is C26H33N3O5S. The number of imidazole rings is 1. The summed E-state index contributed by atoms with van der Waals surface area (Å²) in [5, 5.41) is 0.0149. The molecule has 1 fully saturated rings. The van der Waals surface area contributed by atoms with Gasteiger partial charge in [0.1, 0.15) is 5.76 Å². The van der Waals surface area contributed by atoms with Gasteiger partial charge in [0, 0.05) is 13.0 Å². The number of hydrogen-bond donors (Lipinski definition) is 0. The molecule has 1 aliphatic rings. The third kappa shape index (κ3) is 6.61. The number of carbonyl (C=O) groups is 1. The normalized spacial score (nSPS) is 16.1. The van der Waals surface area contributed by atoms with E-state index in [9.17, 15) is 13.2 Å². The maximum Gasteiger partial charge on any atom is 0.228 e. The van der Waals surface area contributed by atoms with Crippen LogP contribution >= 0.6 is 0 Å². The van der Waals surface area contributed by atoms with Gasteiger partial charge in [0.2, 0.25) is 20.9 Å². The minimum absolute atomic E-state index is 0.0149. The second-order valence-corrected chi connectivity index (χ2v) is 11.3. The molecular weight excluding hydrogens is 466 g/mol. The van der Waals surface area contributed by atoms with Crippen molar-refractivity contribution < 1.29 is 22.4 Å². The first-order valence-corrected chi connectivity index (χ1v) is 13.7. The summed E-state index contributed by atoms with van der Waals surface area (Å²) in [7, 11) is -3.72. The van der Waals surface area contributed by atoms with Crippen molar-refractivity contribution in [3.63, 3.8) is 0 Å². The molecule has 9 heteroatoms. The van der Waals surface area contributed by atoms with Gasteiger partial charge in [-0.15, -0.1) is 0 Å². The molecule has 1 saturated heterocycles. The predicted octanol–water partition coefficient (Wildman–Crippen LogP) is 4.20. The van der Waals surface area contributed by atoms with Crippen LogP contribution in [-0.2, 0) is 44.8 Å². The second kappa shape index (κ2) is 11.2. The van der Waals surface area contributed by atoms with Crippen LogP contribution in [0.25, 0.3) is 0 Å². The zero-order chi connectivity index (χ0) is 24.8. The van der Waals surface area contributed by atoms with Gasteiger partial charge in [-0.05, 0) is 36.5 Å². The highest BCUT2D eigenvalue weighted by Gasteiger charge is 2.28. The van der Waals surface area contributed by atoms with Crippen LogP contribution < -0.4 is 0 Å². The first kappa shape index (κ1) is 25.2. The zero-order valence-electron chi connectivity index (χ0n) is 20.3. The highest BCUT2D eigenvalue weighted by atomic mass is 32.2. The van der Waals surface area contributed by atoms with Gasteiger partial charge in [-0.2, -0.15) is 0 Å². The first-order chi connectivity index (χ1) is 16.8. The third-order valence-electron chi connectivity index (χ3n) is 6.00. The van der Waals surface area contributed by atoms with Crippen LogP contribution in [0.4, 0.5) is 0 Å². The van der Waals surface area contributed by atoms with Gasteiger partial charge in [0.05, 0.1) is 49.6 Å². The zero-order valence-corrected chi connectivity index (χ0v) is 21.1. The molecule has 8 nitrogen and oxygen atoms in total. The topological polar surface area (TPSA) is 94.6 Å². The Balaban J connectivity index is 1.65. The van der Waals surface area contributed by atoms with E-state index in [2.05, 4.69) is 4.98 Å². The van der Waals surface area contributed by atoms with Gasteiger partial charge in [-0.25, -0.2) is 13.4 Å². The smallest absolute Gasteiger partial charge is 0.228 e. The molecule has 188 valence electrons. The van der Waals surface area contributed by atoms with Crippen molar-refractivity contribution in [1.82, 2.24) is 14.5 Å². The summed E-state index contributed by atoms with van der Waals surface area (Å²) in [6, 6.07) is 12.7. The number of furan rings is 1. The Bertz CT molecular complexity index is 1200. The number of hydrogen-bond acceptors (Lipinski definition) is 6. The second-order valence-electron chi connectivity index (χ2n) is 9.45. The molecule has 35 heavy (non-hydrogen) atoms. The Morgan fingerprint density at radius 2 is 1.97 bits per heavy atom. The maximum atomic E-state index is 13.4. The van der Waals surface area contributed by atoms with Gasteiger partial charge in [-0.3, -0.25) is 4.79 Å². The average Bonchev–Trinajstić information content (AvgIpc) is 3.57. The molecule has 3 aromatic rings. The SMILES string of the molecule is CC(C)CC(=O)N(Cc1ccco1)Cc1cnc(S(=O)(=O)Cc2ccccc2)n1C[C@@H]1CCCO1. The Hall–Kier alpha value is -2.91. The highest BCUT2D eigenvalue weighted by Crippen LogP contribution is 2.23. The fourth-order valence-corrected chi connectivity index (χ4v) is 5.81. The molecule has 0 radical (unpaired) electrons. The van der Waals surface area contributed by atoms with Crippen LogP contribution in [0.15, 0.2) is 64.5 Å². The third-order valence-corrected chi connectivity index (χ3v) is 7.60. The number of amides is 1. The minimum Gasteiger partial charge on any atom is -0.467 e. The lowest BCUT2D eigenvalue weighted by molar-refractivity contribution is -0.133. The minimum atomic E-state index is -3.72. The Labute approximate surface area is 206 Å². The van der Waals surface area contributed by atoms with Crippen molar-refractivity contribution in [2.45, 2.75) is 69.8 Å². The average molecular weight is 500 g/mol. The number of carbonyl (C=O) groups excluding carboxylic acids is 1. The quantitative estimate of drug-likeness (QED) is 0.392. The number of sulfone groups is 1. The van der Waals surface area contributed by atoms with Crippen LogP contribution in [0, 0.1) is 5.92 Å². The lowest BCUT2D eigenvalue weighted by Crippen LogP contribution is -2.32. The fraction of sp³-hybridized carbons (Fsp3) is 0.462. The van der Waals surface area contributed by atoms with E-state index in [0.29, 0.717) is 43.1 Å². The van der Waals surface area contributed by atoms with E-state index in [1.807, 2.05) is 38.1 Å². The molecule has 1 aromatic carbocycles. The molecule has 2 aromatic heterocycles. The predicted molar refractivity (Wildman–Crippen MR) is 131 cm³/mol. The summed E-state index contributed by atoms with van der Waals surface area (Å²) in [5.74, 6) is 0.706. The Morgan fingerprint density at radius 3 is 2.63 bits per heavy atom. The van der Waals surface area contributed by atoms with E-state index in [4.69, 9.17) is 9.15 Å². The van der Waals surface area contributed by atoms with E-state index in [-0.39, 0.29) is 35.4 Å².